The molecule has 2 amide bonds. The number of hydrogen-bond donors (Lipinski definition) is 1. The van der Waals surface area contributed by atoms with Gasteiger partial charge in [0.05, 0.1) is 20.3 Å². The highest BCUT2D eigenvalue weighted by Gasteiger charge is 2.23. The van der Waals surface area contributed by atoms with Crippen LogP contribution in [-0.4, -0.2) is 80.5 Å². The molecule has 1 aromatic carbocycles. The minimum atomic E-state index is -0.0901. The Kier molecular flexibility index (Phi) is 6.18. The van der Waals surface area contributed by atoms with E-state index in [9.17, 15) is 4.79 Å². The van der Waals surface area contributed by atoms with Crippen molar-refractivity contribution in [1.29, 1.82) is 0 Å². The Morgan fingerprint density at radius 2 is 1.57 bits per heavy atom. The van der Waals surface area contributed by atoms with Crippen LogP contribution in [0.15, 0.2) is 30.3 Å². The normalized spacial score (nSPS) is 17.1. The van der Waals surface area contributed by atoms with Crippen molar-refractivity contribution in [2.75, 3.05) is 74.7 Å². The van der Waals surface area contributed by atoms with Crippen LogP contribution in [0.1, 0.15) is 5.82 Å². The Hall–Kier alpha value is -3.07. The number of anilines is 3. The van der Waals surface area contributed by atoms with Gasteiger partial charge in [0.25, 0.3) is 0 Å². The molecule has 4 rings (SSSR count). The number of nitrogens with one attached hydrogen (secondary N) is 1. The molecule has 2 saturated heterocycles. The number of morpholine rings is 1. The zero-order valence-corrected chi connectivity index (χ0v) is 17.5. The van der Waals surface area contributed by atoms with E-state index in [-0.39, 0.29) is 6.03 Å². The van der Waals surface area contributed by atoms with Gasteiger partial charge in [-0.1, -0.05) is 0 Å². The fourth-order valence-electron chi connectivity index (χ4n) is 3.67. The molecule has 0 radical (unpaired) electrons. The van der Waals surface area contributed by atoms with Crippen molar-refractivity contribution in [3.05, 3.63) is 36.2 Å². The van der Waals surface area contributed by atoms with E-state index in [1.807, 2.05) is 42.2 Å². The Labute approximate surface area is 176 Å². The molecule has 0 aliphatic carbocycles. The molecule has 0 saturated carbocycles. The van der Waals surface area contributed by atoms with Gasteiger partial charge in [0.1, 0.15) is 23.2 Å². The molecule has 2 aliphatic heterocycles. The summed E-state index contributed by atoms with van der Waals surface area (Å²) in [5, 5.41) is 2.95. The summed E-state index contributed by atoms with van der Waals surface area (Å²) in [6, 6.07) is 9.29. The smallest absolute Gasteiger partial charge is 0.321 e. The number of hydrogen-bond acceptors (Lipinski definition) is 7. The van der Waals surface area contributed by atoms with E-state index in [2.05, 4.69) is 25.1 Å². The highest BCUT2D eigenvalue weighted by Crippen LogP contribution is 2.22. The molecule has 9 heteroatoms. The van der Waals surface area contributed by atoms with Crippen LogP contribution in [0.4, 0.5) is 22.1 Å². The van der Waals surface area contributed by atoms with Crippen LogP contribution in [0.2, 0.25) is 0 Å². The zero-order valence-electron chi connectivity index (χ0n) is 17.5. The molecule has 160 valence electrons. The van der Waals surface area contributed by atoms with E-state index >= 15 is 0 Å². The lowest BCUT2D eigenvalue weighted by molar-refractivity contribution is 0.122. The van der Waals surface area contributed by atoms with Crippen LogP contribution in [-0.2, 0) is 4.74 Å². The van der Waals surface area contributed by atoms with Gasteiger partial charge < -0.3 is 29.5 Å². The maximum atomic E-state index is 12.6. The van der Waals surface area contributed by atoms with Crippen LogP contribution in [0.3, 0.4) is 0 Å². The van der Waals surface area contributed by atoms with Crippen molar-refractivity contribution < 1.29 is 14.3 Å². The van der Waals surface area contributed by atoms with Gasteiger partial charge in [-0.3, -0.25) is 0 Å². The Morgan fingerprint density at radius 3 is 2.17 bits per heavy atom. The van der Waals surface area contributed by atoms with Crippen molar-refractivity contribution in [3.8, 4) is 5.75 Å². The Bertz CT molecular complexity index is 862. The highest BCUT2D eigenvalue weighted by atomic mass is 16.5. The number of methoxy groups -OCH3 is 1. The van der Waals surface area contributed by atoms with Gasteiger partial charge in [0.2, 0.25) is 0 Å². The Balaban J connectivity index is 1.35. The Morgan fingerprint density at radius 1 is 0.967 bits per heavy atom. The van der Waals surface area contributed by atoms with Gasteiger partial charge in [-0.15, -0.1) is 0 Å². The minimum Gasteiger partial charge on any atom is -0.497 e. The molecule has 9 nitrogen and oxygen atoms in total. The summed E-state index contributed by atoms with van der Waals surface area (Å²) in [5.74, 6) is 3.38. The predicted molar refractivity (Wildman–Crippen MR) is 116 cm³/mol. The maximum absolute atomic E-state index is 12.6. The van der Waals surface area contributed by atoms with Gasteiger partial charge in [0, 0.05) is 51.0 Å². The van der Waals surface area contributed by atoms with Crippen LogP contribution < -0.4 is 19.9 Å². The first-order valence-electron chi connectivity index (χ1n) is 10.3. The number of aryl methyl sites for hydroxylation is 1. The second-order valence-electron chi connectivity index (χ2n) is 7.36. The molecule has 0 atom stereocenters. The number of carbonyl (C=O) groups is 1. The van der Waals surface area contributed by atoms with E-state index in [1.54, 1.807) is 7.11 Å². The fraction of sp³-hybridized carbons (Fsp3) is 0.476. The van der Waals surface area contributed by atoms with Crippen LogP contribution in [0.25, 0.3) is 0 Å². The average Bonchev–Trinajstić information content (AvgIpc) is 2.80. The van der Waals surface area contributed by atoms with E-state index in [4.69, 9.17) is 9.47 Å². The second kappa shape index (κ2) is 9.17. The first-order valence-corrected chi connectivity index (χ1v) is 10.3. The number of benzene rings is 1. The van der Waals surface area contributed by atoms with Gasteiger partial charge in [-0.25, -0.2) is 14.8 Å². The number of carbonyl (C=O) groups excluding carboxylic acids is 1. The number of amides is 2. The van der Waals surface area contributed by atoms with Crippen molar-refractivity contribution in [2.24, 2.45) is 0 Å². The standard InChI is InChI=1S/C21H28N6O3/c1-16-22-19(15-20(23-16)26-11-13-30-14-12-26)25-7-9-27(10-8-25)21(28)24-17-3-5-18(29-2)6-4-17/h3-6,15H,7-14H2,1-2H3,(H,24,28). The fourth-order valence-corrected chi connectivity index (χ4v) is 3.67. The van der Waals surface area contributed by atoms with Gasteiger partial charge >= 0.3 is 6.03 Å². The largest absolute Gasteiger partial charge is 0.497 e. The third-order valence-corrected chi connectivity index (χ3v) is 5.38. The monoisotopic (exact) mass is 412 g/mol. The molecule has 3 heterocycles. The lowest BCUT2D eigenvalue weighted by Crippen LogP contribution is -2.50. The zero-order chi connectivity index (χ0) is 20.9. The molecule has 30 heavy (non-hydrogen) atoms. The van der Waals surface area contributed by atoms with E-state index in [1.165, 1.54) is 0 Å². The summed E-state index contributed by atoms with van der Waals surface area (Å²) < 4.78 is 10.6. The van der Waals surface area contributed by atoms with Crippen molar-refractivity contribution in [3.63, 3.8) is 0 Å². The van der Waals surface area contributed by atoms with Gasteiger partial charge in [0.15, 0.2) is 0 Å². The highest BCUT2D eigenvalue weighted by molar-refractivity contribution is 5.89. The van der Waals surface area contributed by atoms with Gasteiger partial charge in [-0.2, -0.15) is 0 Å². The lowest BCUT2D eigenvalue weighted by atomic mass is 10.3. The van der Waals surface area contributed by atoms with Crippen LogP contribution in [0.5, 0.6) is 5.75 Å². The first kappa shape index (κ1) is 20.2. The third-order valence-electron chi connectivity index (χ3n) is 5.38. The molecule has 0 spiro atoms. The predicted octanol–water partition coefficient (Wildman–Crippen LogP) is 1.98. The minimum absolute atomic E-state index is 0.0901. The first-order chi connectivity index (χ1) is 14.6. The summed E-state index contributed by atoms with van der Waals surface area (Å²) in [6.07, 6.45) is 0. The molecular formula is C21H28N6O3. The molecule has 2 fully saturated rings. The van der Waals surface area contributed by atoms with E-state index in [0.717, 1.165) is 68.3 Å². The summed E-state index contributed by atoms with van der Waals surface area (Å²) in [5.41, 5.74) is 0.754. The quantitative estimate of drug-likeness (QED) is 0.822. The number of urea groups is 1. The second-order valence-corrected chi connectivity index (χ2v) is 7.36. The number of ether oxygens (including phenoxy) is 2. The van der Waals surface area contributed by atoms with Crippen molar-refractivity contribution >= 4 is 23.4 Å². The van der Waals surface area contributed by atoms with Crippen molar-refractivity contribution in [1.82, 2.24) is 14.9 Å². The maximum Gasteiger partial charge on any atom is 0.321 e. The number of aromatic nitrogens is 2. The molecule has 1 aromatic heterocycles. The van der Waals surface area contributed by atoms with Gasteiger partial charge in [-0.05, 0) is 31.2 Å². The molecule has 2 aliphatic rings. The molecular weight excluding hydrogens is 384 g/mol. The lowest BCUT2D eigenvalue weighted by Gasteiger charge is -2.36. The summed E-state index contributed by atoms with van der Waals surface area (Å²) in [4.78, 5) is 28.1. The summed E-state index contributed by atoms with van der Waals surface area (Å²) in [7, 11) is 1.62. The number of rotatable bonds is 4. The van der Waals surface area contributed by atoms with Crippen LogP contribution in [0, 0.1) is 6.92 Å². The third kappa shape index (κ3) is 4.73. The van der Waals surface area contributed by atoms with E-state index in [0.29, 0.717) is 13.1 Å². The molecule has 0 unspecified atom stereocenters. The van der Waals surface area contributed by atoms with E-state index < -0.39 is 0 Å². The number of nitrogens with zero attached hydrogens (tertiary/aromatic N) is 5. The SMILES string of the molecule is COc1ccc(NC(=O)N2CCN(c3cc(N4CCOCC4)nc(C)n3)CC2)cc1. The molecule has 0 bridgehead atoms. The molecule has 1 N–H and O–H groups in total. The number of piperazine rings is 1. The average molecular weight is 412 g/mol. The topological polar surface area (TPSA) is 83.1 Å². The molecule has 2 aromatic rings. The summed E-state index contributed by atoms with van der Waals surface area (Å²) in [6.45, 7) is 7.79. The van der Waals surface area contributed by atoms with Crippen LogP contribution >= 0.6 is 0 Å². The van der Waals surface area contributed by atoms with Crippen molar-refractivity contribution in [2.45, 2.75) is 6.92 Å². The summed E-state index contributed by atoms with van der Waals surface area (Å²) >= 11 is 0.